The first-order valence-electron chi connectivity index (χ1n) is 13.8. The van der Waals surface area contributed by atoms with Crippen molar-refractivity contribution in [1.82, 2.24) is 5.32 Å². The van der Waals surface area contributed by atoms with Crippen LogP contribution >= 0.6 is 0 Å². The minimum Gasteiger partial charge on any atom is -0.460 e. The largest absolute Gasteiger partial charge is 0.460 e. The number of carbonyl (C=O) groups is 3. The maximum atomic E-state index is 13.9. The van der Waals surface area contributed by atoms with Crippen LogP contribution in [-0.4, -0.2) is 42.1 Å². The molecule has 7 nitrogen and oxygen atoms in total. The highest BCUT2D eigenvalue weighted by Gasteiger charge is 2.35. The molecule has 2 unspecified atom stereocenters. The number of benzene rings is 3. The van der Waals surface area contributed by atoms with Crippen LogP contribution in [0.15, 0.2) is 84.9 Å². The Morgan fingerprint density at radius 1 is 0.925 bits per heavy atom. The first-order valence-corrected chi connectivity index (χ1v) is 13.8. The predicted octanol–water partition coefficient (Wildman–Crippen LogP) is 5.01. The van der Waals surface area contributed by atoms with Gasteiger partial charge in [-0.2, -0.15) is 0 Å². The van der Waals surface area contributed by atoms with Crippen molar-refractivity contribution < 1.29 is 23.9 Å². The molecular formula is C33H38N2O5. The summed E-state index contributed by atoms with van der Waals surface area (Å²) in [5, 5.41) is 3.32. The smallest absolute Gasteiger partial charge is 0.326 e. The minimum atomic E-state index is -0.706. The molecule has 3 aromatic carbocycles. The molecule has 1 aliphatic rings. The number of rotatable bonds is 10. The molecule has 3 aromatic rings. The van der Waals surface area contributed by atoms with Crippen LogP contribution in [-0.2, 0) is 43.3 Å². The van der Waals surface area contributed by atoms with Crippen molar-refractivity contribution in [3.8, 4) is 0 Å². The van der Waals surface area contributed by atoms with Gasteiger partial charge in [0.25, 0.3) is 0 Å². The highest BCUT2D eigenvalue weighted by atomic mass is 16.6. The summed E-state index contributed by atoms with van der Waals surface area (Å²) in [5.41, 5.74) is 2.97. The van der Waals surface area contributed by atoms with Crippen molar-refractivity contribution in [3.05, 3.63) is 102 Å². The summed E-state index contributed by atoms with van der Waals surface area (Å²) in [6.45, 7) is 5.33. The van der Waals surface area contributed by atoms with Gasteiger partial charge in [0, 0.05) is 5.69 Å². The van der Waals surface area contributed by atoms with E-state index >= 15 is 0 Å². The van der Waals surface area contributed by atoms with Crippen LogP contribution < -0.4 is 10.2 Å². The topological polar surface area (TPSA) is 84.9 Å². The average molecular weight is 543 g/mol. The first-order chi connectivity index (χ1) is 19.2. The van der Waals surface area contributed by atoms with E-state index in [0.29, 0.717) is 31.4 Å². The molecule has 1 heterocycles. The normalized spacial score (nSPS) is 16.0. The number of ether oxygens (including phenoxy) is 2. The Labute approximate surface area is 236 Å². The Bertz CT molecular complexity index is 1290. The third-order valence-electron chi connectivity index (χ3n) is 6.73. The van der Waals surface area contributed by atoms with Crippen molar-refractivity contribution in [2.75, 3.05) is 11.4 Å². The Morgan fingerprint density at radius 2 is 1.55 bits per heavy atom. The number of nitrogens with zero attached hydrogens (tertiary/aromatic N) is 1. The van der Waals surface area contributed by atoms with Crippen molar-refractivity contribution in [2.45, 2.75) is 70.7 Å². The average Bonchev–Trinajstić information content (AvgIpc) is 3.06. The SMILES string of the molecule is CC(C)(C)OC(=O)CN1C(=O)C(NC(CCc2ccccc2)C(=O)OCc2ccccc2)CCc2ccccc21. The van der Waals surface area contributed by atoms with Gasteiger partial charge < -0.3 is 9.47 Å². The van der Waals surface area contributed by atoms with Gasteiger partial charge in [-0.25, -0.2) is 0 Å². The second-order valence-electron chi connectivity index (χ2n) is 11.1. The van der Waals surface area contributed by atoms with E-state index in [1.165, 1.54) is 4.90 Å². The molecule has 0 saturated carbocycles. The van der Waals surface area contributed by atoms with Gasteiger partial charge in [-0.15, -0.1) is 0 Å². The third kappa shape index (κ3) is 8.26. The summed E-state index contributed by atoms with van der Waals surface area (Å²) < 4.78 is 11.2. The fourth-order valence-electron chi connectivity index (χ4n) is 4.83. The van der Waals surface area contributed by atoms with Crippen LogP contribution in [0.25, 0.3) is 0 Å². The lowest BCUT2D eigenvalue weighted by Gasteiger charge is -2.29. The van der Waals surface area contributed by atoms with Gasteiger partial charge in [0.1, 0.15) is 24.8 Å². The maximum Gasteiger partial charge on any atom is 0.326 e. The van der Waals surface area contributed by atoms with Crippen molar-refractivity contribution in [2.24, 2.45) is 0 Å². The molecule has 1 N–H and O–H groups in total. The predicted molar refractivity (Wildman–Crippen MR) is 155 cm³/mol. The molecule has 0 bridgehead atoms. The molecule has 0 fully saturated rings. The lowest BCUT2D eigenvalue weighted by atomic mass is 10.0. The van der Waals surface area contributed by atoms with Gasteiger partial charge >= 0.3 is 11.9 Å². The van der Waals surface area contributed by atoms with Crippen LogP contribution in [0.3, 0.4) is 0 Å². The number of esters is 2. The van der Waals surface area contributed by atoms with Gasteiger partial charge in [0.2, 0.25) is 5.91 Å². The standard InChI is InChI=1S/C33H38N2O5/c1-33(2,3)40-30(36)22-35-29-17-11-10-16-26(29)19-21-27(31(35)37)34-28(20-18-24-12-6-4-7-13-24)32(38)39-23-25-14-8-5-9-15-25/h4-17,27-28,34H,18-23H2,1-3H3. The zero-order valence-corrected chi connectivity index (χ0v) is 23.5. The van der Waals surface area contributed by atoms with Crippen LogP contribution in [0.5, 0.6) is 0 Å². The van der Waals surface area contributed by atoms with E-state index in [4.69, 9.17) is 9.47 Å². The minimum absolute atomic E-state index is 0.151. The number of hydrogen-bond acceptors (Lipinski definition) is 6. The monoisotopic (exact) mass is 542 g/mol. The molecule has 1 amide bonds. The number of hydrogen-bond donors (Lipinski definition) is 1. The zero-order valence-electron chi connectivity index (χ0n) is 23.5. The molecule has 1 aliphatic heterocycles. The van der Waals surface area contributed by atoms with Crippen molar-refractivity contribution in [3.63, 3.8) is 0 Å². The summed E-state index contributed by atoms with van der Waals surface area (Å²) in [6.07, 6.45) is 2.20. The zero-order chi connectivity index (χ0) is 28.5. The number of aryl methyl sites for hydroxylation is 2. The Kier molecular flexibility index (Phi) is 9.72. The van der Waals surface area contributed by atoms with Crippen LogP contribution in [0.1, 0.15) is 50.3 Å². The molecule has 0 spiro atoms. The van der Waals surface area contributed by atoms with Crippen molar-refractivity contribution >= 4 is 23.5 Å². The molecule has 2 atom stereocenters. The second kappa shape index (κ2) is 13.4. The van der Waals surface area contributed by atoms with E-state index in [-0.39, 0.29) is 19.1 Å². The molecule has 7 heteroatoms. The number of para-hydroxylation sites is 1. The lowest BCUT2D eigenvalue weighted by Crippen LogP contribution is -2.53. The molecular weight excluding hydrogens is 504 g/mol. The fourth-order valence-corrected chi connectivity index (χ4v) is 4.83. The Hall–Kier alpha value is -3.97. The van der Waals surface area contributed by atoms with Gasteiger partial charge in [-0.05, 0) is 69.2 Å². The van der Waals surface area contributed by atoms with Gasteiger partial charge in [-0.1, -0.05) is 78.9 Å². The summed E-state index contributed by atoms with van der Waals surface area (Å²) in [7, 11) is 0. The van der Waals surface area contributed by atoms with Crippen LogP contribution in [0.4, 0.5) is 5.69 Å². The summed E-state index contributed by atoms with van der Waals surface area (Å²) in [6, 6.07) is 25.6. The molecule has 0 aliphatic carbocycles. The van der Waals surface area contributed by atoms with Crippen LogP contribution in [0, 0.1) is 0 Å². The maximum absolute atomic E-state index is 13.9. The van der Waals surface area contributed by atoms with Crippen LogP contribution in [0.2, 0.25) is 0 Å². The van der Waals surface area contributed by atoms with E-state index in [9.17, 15) is 14.4 Å². The quantitative estimate of drug-likeness (QED) is 0.363. The number of carbonyl (C=O) groups excluding carboxylic acids is 3. The molecule has 40 heavy (non-hydrogen) atoms. The first kappa shape index (κ1) is 29.0. The van der Waals surface area contributed by atoms with E-state index < -0.39 is 29.6 Å². The third-order valence-corrected chi connectivity index (χ3v) is 6.73. The number of anilines is 1. The summed E-state index contributed by atoms with van der Waals surface area (Å²) >= 11 is 0. The second-order valence-corrected chi connectivity index (χ2v) is 11.1. The fraction of sp³-hybridized carbons (Fsp3) is 0.364. The van der Waals surface area contributed by atoms with Gasteiger partial charge in [-0.3, -0.25) is 24.6 Å². The highest BCUT2D eigenvalue weighted by Crippen LogP contribution is 2.28. The lowest BCUT2D eigenvalue weighted by molar-refractivity contribution is -0.154. The molecule has 0 radical (unpaired) electrons. The number of nitrogens with one attached hydrogen (secondary N) is 1. The van der Waals surface area contributed by atoms with Gasteiger partial charge in [0.05, 0.1) is 6.04 Å². The van der Waals surface area contributed by atoms with Gasteiger partial charge in [0.15, 0.2) is 0 Å². The number of amides is 1. The van der Waals surface area contributed by atoms with E-state index in [2.05, 4.69) is 5.32 Å². The molecule has 210 valence electrons. The Morgan fingerprint density at radius 3 is 2.23 bits per heavy atom. The Balaban J connectivity index is 1.54. The summed E-state index contributed by atoms with van der Waals surface area (Å²) in [5.74, 6) is -1.16. The van der Waals surface area contributed by atoms with E-state index in [1.807, 2.05) is 84.9 Å². The van der Waals surface area contributed by atoms with Crippen molar-refractivity contribution in [1.29, 1.82) is 0 Å². The van der Waals surface area contributed by atoms with E-state index in [0.717, 1.165) is 16.7 Å². The summed E-state index contributed by atoms with van der Waals surface area (Å²) in [4.78, 5) is 41.6. The number of fused-ring (bicyclic) bond motifs is 1. The van der Waals surface area contributed by atoms with E-state index in [1.54, 1.807) is 20.8 Å². The highest BCUT2D eigenvalue weighted by molar-refractivity contribution is 6.02. The molecule has 4 rings (SSSR count). The molecule has 0 saturated heterocycles. The molecule has 0 aromatic heterocycles.